The number of rotatable bonds is 6. The summed E-state index contributed by atoms with van der Waals surface area (Å²) < 4.78 is 5.08. The summed E-state index contributed by atoms with van der Waals surface area (Å²) in [6.07, 6.45) is 1.10. The maximum Gasteiger partial charge on any atom is 0.417 e. The van der Waals surface area contributed by atoms with Crippen molar-refractivity contribution >= 4 is 22.9 Å². The predicted molar refractivity (Wildman–Crippen MR) is 131 cm³/mol. The van der Waals surface area contributed by atoms with E-state index in [1.54, 1.807) is 23.1 Å². The highest BCUT2D eigenvalue weighted by molar-refractivity contribution is 5.98. The topological polar surface area (TPSA) is 113 Å². The lowest BCUT2D eigenvalue weighted by molar-refractivity contribution is 0.0808. The first kappa shape index (κ1) is 23.8. The Morgan fingerprint density at radius 2 is 1.85 bits per heavy atom. The van der Waals surface area contributed by atoms with Crippen LogP contribution in [0.5, 0.6) is 0 Å². The van der Waals surface area contributed by atoms with Gasteiger partial charge in [0, 0.05) is 44.2 Å². The summed E-state index contributed by atoms with van der Waals surface area (Å²) in [5.74, 6) is -0.554. The molecule has 1 atom stereocenters. The van der Waals surface area contributed by atoms with E-state index < -0.39 is 11.8 Å². The standard InChI is InChI=1S/C26H32N4O4/c1-26(2,3)19-7-4-17(5-8-19)14-20-16-30(24(27)32)13-12-29(20)11-10-22(31)18-6-9-21-23(15-18)34-25(33)28-21/h4-9,15,20H,10-14,16H2,1-3H3,(H2,27,32)(H,28,33). The zero-order chi connectivity index (χ0) is 24.5. The molecule has 0 radical (unpaired) electrons. The van der Waals surface area contributed by atoms with E-state index >= 15 is 0 Å². The number of benzene rings is 2. The molecule has 1 aliphatic heterocycles. The highest BCUT2D eigenvalue weighted by Crippen LogP contribution is 2.24. The monoisotopic (exact) mass is 464 g/mol. The molecule has 3 N–H and O–H groups in total. The number of H-pyrrole nitrogens is 1. The Morgan fingerprint density at radius 3 is 2.53 bits per heavy atom. The molecule has 2 amide bonds. The minimum absolute atomic E-state index is 0.0173. The molecule has 8 nitrogen and oxygen atoms in total. The zero-order valence-electron chi connectivity index (χ0n) is 20.0. The number of hydrogen-bond donors (Lipinski definition) is 2. The molecule has 0 spiro atoms. The molecule has 2 heterocycles. The Bertz CT molecular complexity index is 1240. The normalized spacial score (nSPS) is 17.3. The highest BCUT2D eigenvalue weighted by Gasteiger charge is 2.29. The van der Waals surface area contributed by atoms with Gasteiger partial charge in [0.2, 0.25) is 0 Å². The van der Waals surface area contributed by atoms with Crippen molar-refractivity contribution < 1.29 is 14.0 Å². The molecule has 1 aliphatic rings. The van der Waals surface area contributed by atoms with Crippen molar-refractivity contribution in [2.45, 2.75) is 45.1 Å². The number of amides is 2. The number of piperazine rings is 1. The number of nitrogens with two attached hydrogens (primary N) is 1. The lowest BCUT2D eigenvalue weighted by Crippen LogP contribution is -2.56. The Hall–Kier alpha value is -3.39. The average molecular weight is 465 g/mol. The quantitative estimate of drug-likeness (QED) is 0.544. The number of primary amides is 1. The van der Waals surface area contributed by atoms with E-state index in [4.69, 9.17) is 10.2 Å². The number of Topliss-reactive ketones (excluding diaryl/α,β-unsaturated/α-hetero) is 1. The summed E-state index contributed by atoms with van der Waals surface area (Å²) in [4.78, 5) is 42.6. The minimum atomic E-state index is -0.537. The fourth-order valence-corrected chi connectivity index (χ4v) is 4.50. The lowest BCUT2D eigenvalue weighted by Gasteiger charge is -2.41. The van der Waals surface area contributed by atoms with Gasteiger partial charge in [-0.3, -0.25) is 14.7 Å². The molecular weight excluding hydrogens is 432 g/mol. The van der Waals surface area contributed by atoms with E-state index in [-0.39, 0.29) is 17.2 Å². The SMILES string of the molecule is CC(C)(C)c1ccc(CC2CN(C(N)=O)CCN2CCC(=O)c2ccc3[nH]c(=O)oc3c2)cc1. The van der Waals surface area contributed by atoms with Gasteiger partial charge in [-0.1, -0.05) is 45.0 Å². The van der Waals surface area contributed by atoms with Gasteiger partial charge in [-0.25, -0.2) is 9.59 Å². The summed E-state index contributed by atoms with van der Waals surface area (Å²) in [6.45, 7) is 8.88. The van der Waals surface area contributed by atoms with E-state index in [0.717, 1.165) is 6.42 Å². The van der Waals surface area contributed by atoms with Crippen LogP contribution in [-0.4, -0.2) is 58.8 Å². The molecule has 0 saturated carbocycles. The van der Waals surface area contributed by atoms with Crippen molar-refractivity contribution in [2.75, 3.05) is 26.2 Å². The molecule has 1 unspecified atom stereocenters. The van der Waals surface area contributed by atoms with Crippen molar-refractivity contribution in [3.63, 3.8) is 0 Å². The van der Waals surface area contributed by atoms with Gasteiger partial charge in [-0.15, -0.1) is 0 Å². The van der Waals surface area contributed by atoms with Gasteiger partial charge in [0.25, 0.3) is 0 Å². The highest BCUT2D eigenvalue weighted by atomic mass is 16.4. The van der Waals surface area contributed by atoms with Gasteiger partial charge in [0.15, 0.2) is 11.4 Å². The number of ketones is 1. The van der Waals surface area contributed by atoms with Crippen LogP contribution in [0.2, 0.25) is 0 Å². The molecule has 4 rings (SSSR count). The molecule has 2 aromatic carbocycles. The van der Waals surface area contributed by atoms with Crippen LogP contribution >= 0.6 is 0 Å². The molecule has 1 saturated heterocycles. The molecule has 0 bridgehead atoms. The Labute approximate surface area is 198 Å². The van der Waals surface area contributed by atoms with Crippen LogP contribution in [0.3, 0.4) is 0 Å². The van der Waals surface area contributed by atoms with Gasteiger partial charge in [-0.2, -0.15) is 0 Å². The number of urea groups is 1. The predicted octanol–water partition coefficient (Wildman–Crippen LogP) is 3.30. The number of hydrogen-bond acceptors (Lipinski definition) is 5. The van der Waals surface area contributed by atoms with E-state index in [1.807, 2.05) is 0 Å². The van der Waals surface area contributed by atoms with Gasteiger partial charge in [0.1, 0.15) is 0 Å². The Kier molecular flexibility index (Phi) is 6.61. The molecule has 1 aromatic heterocycles. The second-order valence-corrected chi connectivity index (χ2v) is 10.0. The minimum Gasteiger partial charge on any atom is -0.408 e. The maximum atomic E-state index is 12.9. The lowest BCUT2D eigenvalue weighted by atomic mass is 9.86. The molecule has 34 heavy (non-hydrogen) atoms. The van der Waals surface area contributed by atoms with Crippen LogP contribution in [0.15, 0.2) is 51.7 Å². The number of carbonyl (C=O) groups excluding carboxylic acids is 2. The van der Waals surface area contributed by atoms with Crippen LogP contribution in [0.4, 0.5) is 4.79 Å². The number of aromatic nitrogens is 1. The number of nitrogens with zero attached hydrogens (tertiary/aromatic N) is 2. The van der Waals surface area contributed by atoms with Crippen molar-refractivity contribution in [2.24, 2.45) is 5.73 Å². The van der Waals surface area contributed by atoms with Crippen LogP contribution in [0.25, 0.3) is 11.1 Å². The van der Waals surface area contributed by atoms with Gasteiger partial charge in [-0.05, 0) is 41.2 Å². The third-order valence-corrected chi connectivity index (χ3v) is 6.58. The third-order valence-electron chi connectivity index (χ3n) is 6.58. The number of carbonyl (C=O) groups is 2. The van der Waals surface area contributed by atoms with Crippen molar-refractivity contribution in [1.29, 1.82) is 0 Å². The van der Waals surface area contributed by atoms with Gasteiger partial charge < -0.3 is 15.1 Å². The van der Waals surface area contributed by atoms with Crippen molar-refractivity contribution in [1.82, 2.24) is 14.8 Å². The largest absolute Gasteiger partial charge is 0.417 e. The number of oxazole rings is 1. The molecule has 1 fully saturated rings. The maximum absolute atomic E-state index is 12.9. The van der Waals surface area contributed by atoms with Crippen LogP contribution in [0.1, 0.15) is 48.7 Å². The molecule has 3 aromatic rings. The first-order chi connectivity index (χ1) is 16.1. The summed E-state index contributed by atoms with van der Waals surface area (Å²) in [5.41, 5.74) is 9.58. The smallest absolute Gasteiger partial charge is 0.408 e. The second-order valence-electron chi connectivity index (χ2n) is 10.0. The third kappa shape index (κ3) is 5.39. The van der Waals surface area contributed by atoms with Crippen LogP contribution < -0.4 is 11.5 Å². The first-order valence-electron chi connectivity index (χ1n) is 11.6. The molecular formula is C26H32N4O4. The summed E-state index contributed by atoms with van der Waals surface area (Å²) in [5, 5.41) is 0. The van der Waals surface area contributed by atoms with Crippen LogP contribution in [0, 0.1) is 0 Å². The summed E-state index contributed by atoms with van der Waals surface area (Å²) in [6, 6.07) is 13.3. The van der Waals surface area contributed by atoms with Crippen LogP contribution in [-0.2, 0) is 11.8 Å². The number of nitrogens with one attached hydrogen (secondary N) is 1. The fourth-order valence-electron chi connectivity index (χ4n) is 4.50. The van der Waals surface area contributed by atoms with E-state index in [0.29, 0.717) is 49.3 Å². The van der Waals surface area contributed by atoms with Crippen molar-refractivity contribution in [3.05, 3.63) is 69.7 Å². The van der Waals surface area contributed by atoms with E-state index in [1.165, 1.54) is 11.1 Å². The summed E-state index contributed by atoms with van der Waals surface area (Å²) in [7, 11) is 0. The number of fused-ring (bicyclic) bond motifs is 1. The van der Waals surface area contributed by atoms with E-state index in [2.05, 4.69) is 54.9 Å². The summed E-state index contributed by atoms with van der Waals surface area (Å²) >= 11 is 0. The fraction of sp³-hybridized carbons (Fsp3) is 0.423. The Balaban J connectivity index is 1.45. The second kappa shape index (κ2) is 9.46. The van der Waals surface area contributed by atoms with Gasteiger partial charge >= 0.3 is 11.8 Å². The first-order valence-corrected chi connectivity index (χ1v) is 11.6. The van der Waals surface area contributed by atoms with Crippen molar-refractivity contribution in [3.8, 4) is 0 Å². The average Bonchev–Trinajstić information content (AvgIpc) is 3.16. The number of aromatic amines is 1. The molecule has 0 aliphatic carbocycles. The molecule has 8 heteroatoms. The van der Waals surface area contributed by atoms with E-state index in [9.17, 15) is 14.4 Å². The Morgan fingerprint density at radius 1 is 1.12 bits per heavy atom. The van der Waals surface area contributed by atoms with Gasteiger partial charge in [0.05, 0.1) is 5.52 Å². The molecule has 180 valence electrons. The zero-order valence-corrected chi connectivity index (χ0v) is 20.0.